The lowest BCUT2D eigenvalue weighted by Gasteiger charge is -2.04. The number of hydrogen-bond donors (Lipinski definition) is 2. The third-order valence-corrected chi connectivity index (χ3v) is 6.37. The summed E-state index contributed by atoms with van der Waals surface area (Å²) in [5.74, 6) is -0.619. The number of carboxylic acid groups (broad SMARTS) is 1. The molecular formula is C22H24N6O3S. The topological polar surface area (TPSA) is 115 Å². The average Bonchev–Trinajstić information content (AvgIpc) is 3.43. The number of amides is 1. The van der Waals surface area contributed by atoms with Gasteiger partial charge >= 0.3 is 5.97 Å². The molecule has 166 valence electrons. The molecule has 3 aromatic heterocycles. The van der Waals surface area contributed by atoms with Crippen molar-refractivity contribution >= 4 is 34.1 Å². The number of aryl methyl sites for hydroxylation is 4. The van der Waals surface area contributed by atoms with Crippen molar-refractivity contribution < 1.29 is 14.7 Å². The fourth-order valence-electron chi connectivity index (χ4n) is 3.83. The molecule has 0 aliphatic rings. The number of benzene rings is 1. The molecule has 9 nitrogen and oxygen atoms in total. The van der Waals surface area contributed by atoms with Crippen LogP contribution in [0.4, 0.5) is 0 Å². The van der Waals surface area contributed by atoms with Crippen LogP contribution in [0.1, 0.15) is 49.3 Å². The largest absolute Gasteiger partial charge is 0.478 e. The Bertz CT molecular complexity index is 1300. The Morgan fingerprint density at radius 3 is 2.69 bits per heavy atom. The van der Waals surface area contributed by atoms with Crippen LogP contribution in [0, 0.1) is 13.8 Å². The van der Waals surface area contributed by atoms with Crippen LogP contribution in [-0.2, 0) is 13.5 Å². The average molecular weight is 453 g/mol. The number of para-hydroxylation sites is 1. The van der Waals surface area contributed by atoms with Crippen LogP contribution in [-0.4, -0.2) is 48.1 Å². The number of aromatic carboxylic acids is 1. The molecule has 0 atom stereocenters. The molecular weight excluding hydrogens is 428 g/mol. The van der Waals surface area contributed by atoms with Crippen molar-refractivity contribution in [2.75, 3.05) is 6.54 Å². The van der Waals surface area contributed by atoms with Crippen LogP contribution in [0.15, 0.2) is 30.5 Å². The van der Waals surface area contributed by atoms with Crippen LogP contribution >= 0.6 is 11.3 Å². The van der Waals surface area contributed by atoms with Gasteiger partial charge in [0.2, 0.25) is 0 Å². The second-order valence-corrected chi connectivity index (χ2v) is 8.80. The molecule has 3 heterocycles. The summed E-state index contributed by atoms with van der Waals surface area (Å²) in [6.45, 7) is 4.29. The summed E-state index contributed by atoms with van der Waals surface area (Å²) >= 11 is 1.40. The molecule has 0 spiro atoms. The summed E-state index contributed by atoms with van der Waals surface area (Å²) < 4.78 is 3.34. The van der Waals surface area contributed by atoms with Crippen molar-refractivity contribution in [2.24, 2.45) is 7.05 Å². The monoisotopic (exact) mass is 452 g/mol. The quantitative estimate of drug-likeness (QED) is 0.397. The van der Waals surface area contributed by atoms with E-state index in [2.05, 4.69) is 20.6 Å². The molecule has 32 heavy (non-hydrogen) atoms. The second-order valence-electron chi connectivity index (χ2n) is 7.59. The highest BCUT2D eigenvalue weighted by atomic mass is 32.1. The van der Waals surface area contributed by atoms with E-state index in [1.165, 1.54) is 16.0 Å². The minimum atomic E-state index is -1.00. The van der Waals surface area contributed by atoms with Crippen molar-refractivity contribution in [1.82, 2.24) is 29.9 Å². The van der Waals surface area contributed by atoms with Crippen LogP contribution in [0.25, 0.3) is 16.7 Å². The highest BCUT2D eigenvalue weighted by molar-refractivity contribution is 7.13. The Morgan fingerprint density at radius 1 is 1.19 bits per heavy atom. The molecule has 0 unspecified atom stereocenters. The van der Waals surface area contributed by atoms with Gasteiger partial charge in [-0.15, -0.1) is 16.4 Å². The van der Waals surface area contributed by atoms with Crippen molar-refractivity contribution in [3.05, 3.63) is 57.3 Å². The lowest BCUT2D eigenvalue weighted by molar-refractivity contribution is 0.0698. The molecule has 0 aliphatic carbocycles. The molecule has 0 aliphatic heterocycles. The highest BCUT2D eigenvalue weighted by Crippen LogP contribution is 2.28. The van der Waals surface area contributed by atoms with E-state index in [0.717, 1.165) is 34.8 Å². The normalized spacial score (nSPS) is 11.2. The van der Waals surface area contributed by atoms with Crippen molar-refractivity contribution in [2.45, 2.75) is 33.1 Å². The van der Waals surface area contributed by atoms with Crippen LogP contribution in [0.2, 0.25) is 0 Å². The van der Waals surface area contributed by atoms with Crippen molar-refractivity contribution in [3.63, 3.8) is 0 Å². The van der Waals surface area contributed by atoms with Gasteiger partial charge in [0.1, 0.15) is 10.4 Å². The van der Waals surface area contributed by atoms with Crippen molar-refractivity contribution in [1.29, 1.82) is 0 Å². The molecule has 1 amide bonds. The fraction of sp³-hybridized carbons (Fsp3) is 0.318. The molecule has 0 bridgehead atoms. The highest BCUT2D eigenvalue weighted by Gasteiger charge is 2.23. The third kappa shape index (κ3) is 4.13. The number of aromatic nitrogens is 5. The maximum absolute atomic E-state index is 12.2. The number of nitrogens with one attached hydrogen (secondary N) is 1. The summed E-state index contributed by atoms with van der Waals surface area (Å²) in [5.41, 5.74) is 2.55. The van der Waals surface area contributed by atoms with E-state index in [1.54, 1.807) is 12.3 Å². The van der Waals surface area contributed by atoms with E-state index >= 15 is 0 Å². The summed E-state index contributed by atoms with van der Waals surface area (Å²) in [7, 11) is 1.82. The predicted molar refractivity (Wildman–Crippen MR) is 122 cm³/mol. The summed E-state index contributed by atoms with van der Waals surface area (Å²) in [6, 6.07) is 7.37. The Labute approximate surface area is 188 Å². The minimum Gasteiger partial charge on any atom is -0.478 e. The molecule has 0 radical (unpaired) electrons. The molecule has 0 saturated carbocycles. The number of carbonyl (C=O) groups is 2. The number of unbranched alkanes of at least 4 members (excludes halogenated alkanes) is 1. The molecule has 4 rings (SSSR count). The molecule has 4 aromatic rings. The Balaban J connectivity index is 1.38. The van der Waals surface area contributed by atoms with Crippen LogP contribution < -0.4 is 5.32 Å². The molecule has 0 fully saturated rings. The van der Waals surface area contributed by atoms with Crippen molar-refractivity contribution in [3.8, 4) is 5.82 Å². The van der Waals surface area contributed by atoms with Gasteiger partial charge in [-0.25, -0.2) is 14.5 Å². The zero-order valence-electron chi connectivity index (χ0n) is 18.1. The maximum Gasteiger partial charge on any atom is 0.340 e. The minimum absolute atomic E-state index is 0.0870. The number of hydrogen-bond acceptors (Lipinski definition) is 6. The predicted octanol–water partition coefficient (Wildman–Crippen LogP) is 3.28. The first-order valence-electron chi connectivity index (χ1n) is 10.3. The Kier molecular flexibility index (Phi) is 6.04. The number of rotatable bonds is 8. The number of carbonyl (C=O) groups excluding carboxylic acids is 1. The van der Waals surface area contributed by atoms with Gasteiger partial charge in [-0.05, 0) is 39.2 Å². The first-order chi connectivity index (χ1) is 15.4. The van der Waals surface area contributed by atoms with Gasteiger partial charge in [0, 0.05) is 19.0 Å². The van der Waals surface area contributed by atoms with Gasteiger partial charge in [0.15, 0.2) is 5.82 Å². The van der Waals surface area contributed by atoms with E-state index < -0.39 is 5.97 Å². The summed E-state index contributed by atoms with van der Waals surface area (Å²) in [5, 5.41) is 22.6. The molecule has 1 aromatic carbocycles. The number of carboxylic acids is 1. The molecule has 2 N–H and O–H groups in total. The van der Waals surface area contributed by atoms with Gasteiger partial charge in [-0.1, -0.05) is 23.4 Å². The SMILES string of the molecule is Cc1nc(C)c(C(=O)NCCCCc2cn(-c3c(C(=O)O)c4ccccc4n3C)nn2)s1. The Morgan fingerprint density at radius 2 is 1.97 bits per heavy atom. The second kappa shape index (κ2) is 8.91. The van der Waals surface area contributed by atoms with Crippen LogP contribution in [0.5, 0.6) is 0 Å². The van der Waals surface area contributed by atoms with E-state index in [-0.39, 0.29) is 11.5 Å². The van der Waals surface area contributed by atoms with Gasteiger partial charge in [-0.2, -0.15) is 0 Å². The zero-order valence-corrected chi connectivity index (χ0v) is 18.9. The van der Waals surface area contributed by atoms with E-state index in [9.17, 15) is 14.7 Å². The van der Waals surface area contributed by atoms with E-state index in [4.69, 9.17) is 0 Å². The van der Waals surface area contributed by atoms with Gasteiger partial charge < -0.3 is 15.0 Å². The first kappa shape index (κ1) is 21.7. The maximum atomic E-state index is 12.2. The smallest absolute Gasteiger partial charge is 0.340 e. The number of fused-ring (bicyclic) bond motifs is 1. The standard InChI is InChI=1S/C22H24N6O3S/c1-13-19(32-14(2)24-13)20(29)23-11-7-6-8-15-12-28(26-25-15)21-18(22(30)31)16-9-4-5-10-17(16)27(21)3/h4-5,9-10,12H,6-8,11H2,1-3H3,(H,23,29)(H,30,31). The number of nitrogens with zero attached hydrogens (tertiary/aromatic N) is 5. The zero-order chi connectivity index (χ0) is 22.8. The lowest BCUT2D eigenvalue weighted by atomic mass is 10.1. The summed E-state index contributed by atoms with van der Waals surface area (Å²) in [4.78, 5) is 29.1. The van der Waals surface area contributed by atoms with E-state index in [1.807, 2.05) is 43.7 Å². The van der Waals surface area contributed by atoms with Gasteiger partial charge in [0.05, 0.1) is 28.1 Å². The van der Waals surface area contributed by atoms with Gasteiger partial charge in [-0.3, -0.25) is 4.79 Å². The molecule has 0 saturated heterocycles. The first-order valence-corrected chi connectivity index (χ1v) is 11.1. The molecule has 10 heteroatoms. The number of thiazole rings is 1. The fourth-order valence-corrected chi connectivity index (χ4v) is 4.67. The van der Waals surface area contributed by atoms with Gasteiger partial charge in [0.25, 0.3) is 5.91 Å². The van der Waals surface area contributed by atoms with E-state index in [0.29, 0.717) is 29.0 Å². The van der Waals surface area contributed by atoms with Crippen LogP contribution in [0.3, 0.4) is 0 Å². The Hall–Kier alpha value is -3.53. The lowest BCUT2D eigenvalue weighted by Crippen LogP contribution is -2.24. The summed E-state index contributed by atoms with van der Waals surface area (Å²) in [6.07, 6.45) is 4.06. The third-order valence-electron chi connectivity index (χ3n) is 5.30.